The maximum Gasteiger partial charge on any atom is 0.289 e. The van der Waals surface area contributed by atoms with Crippen LogP contribution >= 0.6 is 0 Å². The first-order valence-electron chi connectivity index (χ1n) is 10.6. The summed E-state index contributed by atoms with van der Waals surface area (Å²) in [5.41, 5.74) is 6.83. The fourth-order valence-electron chi connectivity index (χ4n) is 3.19. The maximum atomic E-state index is 12.4. The number of hydrogen-bond donors (Lipinski definition) is 3. The molecule has 0 atom stereocenters. The number of phenols is 1. The minimum Gasteiger partial charge on any atom is -0.504 e. The Morgan fingerprint density at radius 2 is 1.88 bits per heavy atom. The molecule has 1 heterocycles. The summed E-state index contributed by atoms with van der Waals surface area (Å²) < 4.78 is 10.9. The van der Waals surface area contributed by atoms with Gasteiger partial charge in [0.15, 0.2) is 11.5 Å². The largest absolute Gasteiger partial charge is 0.504 e. The minimum atomic E-state index is -0.463. The number of aromatic amines is 1. The summed E-state index contributed by atoms with van der Waals surface area (Å²) in [7, 11) is 1.46. The lowest BCUT2D eigenvalue weighted by Crippen LogP contribution is -2.18. The number of aromatic nitrogens is 2. The predicted octanol–water partition coefficient (Wildman–Crippen LogP) is 4.44. The Labute approximate surface area is 196 Å². The molecule has 0 saturated heterocycles. The molecule has 0 unspecified atom stereocenters. The Morgan fingerprint density at radius 3 is 2.62 bits per heavy atom. The molecule has 4 rings (SSSR count). The number of amides is 1. The van der Waals surface area contributed by atoms with Crippen LogP contribution in [0.2, 0.25) is 0 Å². The summed E-state index contributed by atoms with van der Waals surface area (Å²) in [5.74, 6) is 0.543. The topological polar surface area (TPSA) is 109 Å². The fourth-order valence-corrected chi connectivity index (χ4v) is 3.19. The van der Waals surface area contributed by atoms with Crippen molar-refractivity contribution < 1.29 is 19.4 Å². The lowest BCUT2D eigenvalue weighted by Gasteiger charge is -2.07. The summed E-state index contributed by atoms with van der Waals surface area (Å²) in [6.45, 7) is 2.54. The Balaban J connectivity index is 1.35. The number of carbonyl (C=O) groups is 1. The summed E-state index contributed by atoms with van der Waals surface area (Å²) in [6, 6.07) is 22.3. The van der Waals surface area contributed by atoms with Crippen molar-refractivity contribution in [1.29, 1.82) is 0 Å². The monoisotopic (exact) mass is 456 g/mol. The van der Waals surface area contributed by atoms with Gasteiger partial charge in [0.25, 0.3) is 5.91 Å². The van der Waals surface area contributed by atoms with Crippen molar-refractivity contribution in [2.45, 2.75) is 13.5 Å². The van der Waals surface area contributed by atoms with E-state index in [1.165, 1.54) is 18.9 Å². The van der Waals surface area contributed by atoms with E-state index in [1.807, 2.05) is 36.4 Å². The van der Waals surface area contributed by atoms with Gasteiger partial charge in [-0.15, -0.1) is 0 Å². The van der Waals surface area contributed by atoms with E-state index in [2.05, 4.69) is 39.8 Å². The van der Waals surface area contributed by atoms with Crippen LogP contribution < -0.4 is 14.9 Å². The van der Waals surface area contributed by atoms with Crippen LogP contribution in [-0.4, -0.2) is 34.5 Å². The number of H-pyrrole nitrogens is 1. The van der Waals surface area contributed by atoms with E-state index in [-0.39, 0.29) is 11.4 Å². The summed E-state index contributed by atoms with van der Waals surface area (Å²) in [6.07, 6.45) is 1.34. The van der Waals surface area contributed by atoms with Gasteiger partial charge in [0.2, 0.25) is 0 Å². The Kier molecular flexibility index (Phi) is 6.88. The standard InChI is InChI=1S/C26H24N4O4/c1-17-6-8-18(9-7-17)16-34-21-12-10-19(11-13-21)22-14-23(29-28-22)26(32)30-27-15-20-4-3-5-24(33-2)25(20)31/h3-15,31H,16H2,1-2H3,(H,28,29)(H,30,32)/b27-15-. The van der Waals surface area contributed by atoms with Crippen LogP contribution in [0.3, 0.4) is 0 Å². The highest BCUT2D eigenvalue weighted by atomic mass is 16.5. The zero-order valence-electron chi connectivity index (χ0n) is 18.8. The number of aryl methyl sites for hydroxylation is 1. The summed E-state index contributed by atoms with van der Waals surface area (Å²) >= 11 is 0. The van der Waals surface area contributed by atoms with E-state index in [1.54, 1.807) is 24.3 Å². The summed E-state index contributed by atoms with van der Waals surface area (Å²) in [4.78, 5) is 12.4. The second-order valence-corrected chi connectivity index (χ2v) is 7.56. The molecule has 0 radical (unpaired) electrons. The Morgan fingerprint density at radius 1 is 1.12 bits per heavy atom. The van der Waals surface area contributed by atoms with Gasteiger partial charge in [-0.3, -0.25) is 9.89 Å². The SMILES string of the molecule is COc1cccc(/C=N\NC(=O)c2cc(-c3ccc(OCc4ccc(C)cc4)cc3)n[nH]2)c1O. The number of hydrazone groups is 1. The molecule has 172 valence electrons. The molecule has 1 aromatic heterocycles. The number of ether oxygens (including phenoxy) is 2. The smallest absolute Gasteiger partial charge is 0.289 e. The average molecular weight is 457 g/mol. The molecule has 0 saturated carbocycles. The number of benzene rings is 3. The van der Waals surface area contributed by atoms with Crippen molar-refractivity contribution in [3.8, 4) is 28.5 Å². The average Bonchev–Trinajstić information content (AvgIpc) is 3.35. The maximum absolute atomic E-state index is 12.4. The Hall–Kier alpha value is -4.59. The van der Waals surface area contributed by atoms with Gasteiger partial charge in [0, 0.05) is 11.1 Å². The molecule has 0 bridgehead atoms. The van der Waals surface area contributed by atoms with Crippen molar-refractivity contribution in [1.82, 2.24) is 15.6 Å². The third kappa shape index (κ3) is 5.42. The van der Waals surface area contributed by atoms with E-state index in [0.29, 0.717) is 23.6 Å². The molecular weight excluding hydrogens is 432 g/mol. The number of nitrogens with zero attached hydrogens (tertiary/aromatic N) is 2. The zero-order valence-corrected chi connectivity index (χ0v) is 18.8. The predicted molar refractivity (Wildman–Crippen MR) is 129 cm³/mol. The van der Waals surface area contributed by atoms with Crippen LogP contribution in [0, 0.1) is 6.92 Å². The molecule has 0 fully saturated rings. The number of rotatable bonds is 8. The van der Waals surface area contributed by atoms with Crippen LogP contribution in [0.4, 0.5) is 0 Å². The van der Waals surface area contributed by atoms with E-state index in [4.69, 9.17) is 9.47 Å². The highest BCUT2D eigenvalue weighted by molar-refractivity contribution is 5.94. The zero-order chi connectivity index (χ0) is 23.9. The number of methoxy groups -OCH3 is 1. The highest BCUT2D eigenvalue weighted by Gasteiger charge is 2.11. The van der Waals surface area contributed by atoms with Gasteiger partial charge >= 0.3 is 0 Å². The molecule has 3 aromatic carbocycles. The van der Waals surface area contributed by atoms with Gasteiger partial charge in [-0.25, -0.2) is 5.43 Å². The van der Waals surface area contributed by atoms with Crippen LogP contribution in [0.5, 0.6) is 17.2 Å². The van der Waals surface area contributed by atoms with Crippen LogP contribution in [0.1, 0.15) is 27.2 Å². The third-order valence-corrected chi connectivity index (χ3v) is 5.12. The molecule has 0 aliphatic heterocycles. The number of aromatic hydroxyl groups is 1. The minimum absolute atomic E-state index is 0.0573. The Bertz CT molecular complexity index is 1300. The highest BCUT2D eigenvalue weighted by Crippen LogP contribution is 2.28. The van der Waals surface area contributed by atoms with Crippen molar-refractivity contribution in [3.63, 3.8) is 0 Å². The molecule has 0 spiro atoms. The van der Waals surface area contributed by atoms with Crippen LogP contribution in [0.25, 0.3) is 11.3 Å². The van der Waals surface area contributed by atoms with E-state index >= 15 is 0 Å². The fraction of sp³-hybridized carbons (Fsp3) is 0.115. The van der Waals surface area contributed by atoms with Crippen molar-refractivity contribution >= 4 is 12.1 Å². The van der Waals surface area contributed by atoms with Gasteiger partial charge in [-0.2, -0.15) is 10.2 Å². The lowest BCUT2D eigenvalue weighted by molar-refractivity contribution is 0.0950. The van der Waals surface area contributed by atoms with Crippen LogP contribution in [-0.2, 0) is 6.61 Å². The van der Waals surface area contributed by atoms with Crippen LogP contribution in [0.15, 0.2) is 77.9 Å². The van der Waals surface area contributed by atoms with Crippen molar-refractivity contribution in [2.75, 3.05) is 7.11 Å². The van der Waals surface area contributed by atoms with Crippen molar-refractivity contribution in [3.05, 3.63) is 95.2 Å². The lowest BCUT2D eigenvalue weighted by atomic mass is 10.1. The quantitative estimate of drug-likeness (QED) is 0.268. The number of nitrogens with one attached hydrogen (secondary N) is 2. The van der Waals surface area contributed by atoms with E-state index < -0.39 is 5.91 Å². The van der Waals surface area contributed by atoms with Gasteiger partial charge < -0.3 is 14.6 Å². The molecule has 8 heteroatoms. The second-order valence-electron chi connectivity index (χ2n) is 7.56. The second kappa shape index (κ2) is 10.4. The van der Waals surface area contributed by atoms with E-state index in [9.17, 15) is 9.90 Å². The number of para-hydroxylation sites is 1. The molecule has 34 heavy (non-hydrogen) atoms. The van der Waals surface area contributed by atoms with Crippen molar-refractivity contribution in [2.24, 2.45) is 5.10 Å². The first-order chi connectivity index (χ1) is 16.5. The van der Waals surface area contributed by atoms with Gasteiger partial charge in [0.05, 0.1) is 19.0 Å². The molecule has 0 aliphatic carbocycles. The number of carbonyl (C=O) groups excluding carboxylic acids is 1. The molecule has 3 N–H and O–H groups in total. The van der Waals surface area contributed by atoms with E-state index in [0.717, 1.165) is 16.9 Å². The van der Waals surface area contributed by atoms with Gasteiger partial charge in [0.1, 0.15) is 18.1 Å². The molecule has 1 amide bonds. The van der Waals surface area contributed by atoms with Gasteiger partial charge in [-0.1, -0.05) is 35.9 Å². The molecule has 0 aliphatic rings. The normalized spacial score (nSPS) is 10.9. The molecule has 4 aromatic rings. The first kappa shape index (κ1) is 22.6. The van der Waals surface area contributed by atoms with Gasteiger partial charge in [-0.05, 0) is 55.0 Å². The first-order valence-corrected chi connectivity index (χ1v) is 10.6. The number of phenolic OH excluding ortho intramolecular Hbond substituents is 1. The third-order valence-electron chi connectivity index (χ3n) is 5.12. The summed E-state index contributed by atoms with van der Waals surface area (Å²) in [5, 5.41) is 20.9. The molecule has 8 nitrogen and oxygen atoms in total. The number of hydrogen-bond acceptors (Lipinski definition) is 6. The molecular formula is C26H24N4O4.